The minimum atomic E-state index is -4.33. The number of hydrazine groups is 1. The van der Waals surface area contributed by atoms with E-state index in [9.17, 15) is 13.2 Å². The third-order valence-corrected chi connectivity index (χ3v) is 2.83. The van der Waals surface area contributed by atoms with Crippen LogP contribution in [0.4, 0.5) is 13.2 Å². The van der Waals surface area contributed by atoms with E-state index in [0.717, 1.165) is 5.56 Å². The van der Waals surface area contributed by atoms with Gasteiger partial charge in [0, 0.05) is 18.2 Å². The smallest absolute Gasteiger partial charge is 0.411 e. The maximum atomic E-state index is 12.0. The minimum Gasteiger partial charge on any atom is -0.497 e. The molecule has 0 aliphatic carbocycles. The van der Waals surface area contributed by atoms with Gasteiger partial charge in [-0.25, -0.2) is 0 Å². The largest absolute Gasteiger partial charge is 0.497 e. The fourth-order valence-electron chi connectivity index (χ4n) is 1.82. The van der Waals surface area contributed by atoms with Gasteiger partial charge in [0.05, 0.1) is 20.3 Å². The first-order valence-electron chi connectivity index (χ1n) is 6.23. The van der Waals surface area contributed by atoms with E-state index in [1.54, 1.807) is 18.2 Å². The Bertz CT molecular complexity index is 441. The third kappa shape index (κ3) is 5.78. The summed E-state index contributed by atoms with van der Waals surface area (Å²) in [6.45, 7) is -1.35. The number of benzene rings is 1. The Morgan fingerprint density at radius 2 is 1.95 bits per heavy atom. The van der Waals surface area contributed by atoms with Crippen molar-refractivity contribution in [3.8, 4) is 11.5 Å². The molecule has 0 aromatic heterocycles. The fraction of sp³-hybridized carbons (Fsp3) is 0.538. The highest BCUT2D eigenvalue weighted by atomic mass is 19.4. The SMILES string of the molecule is COc1ccc(C(CCOCC(F)(F)F)NN)c(OC)c1. The highest BCUT2D eigenvalue weighted by molar-refractivity contribution is 5.42. The number of alkyl halides is 3. The Hall–Kier alpha value is -1.51. The van der Waals surface area contributed by atoms with Crippen LogP contribution in [0.2, 0.25) is 0 Å². The molecule has 0 fully saturated rings. The lowest BCUT2D eigenvalue weighted by molar-refractivity contribution is -0.174. The fourth-order valence-corrected chi connectivity index (χ4v) is 1.82. The normalized spacial score (nSPS) is 13.0. The van der Waals surface area contributed by atoms with Crippen LogP contribution in [0.1, 0.15) is 18.0 Å². The zero-order valence-corrected chi connectivity index (χ0v) is 11.9. The molecule has 0 heterocycles. The highest BCUT2D eigenvalue weighted by Gasteiger charge is 2.27. The van der Waals surface area contributed by atoms with Crippen LogP contribution in [-0.2, 0) is 4.74 Å². The molecular weight excluding hydrogens is 289 g/mol. The number of hydrogen-bond acceptors (Lipinski definition) is 5. The number of nitrogens with two attached hydrogens (primary N) is 1. The van der Waals surface area contributed by atoms with Crippen molar-refractivity contribution in [3.05, 3.63) is 23.8 Å². The van der Waals surface area contributed by atoms with Gasteiger partial charge in [-0.3, -0.25) is 11.3 Å². The summed E-state index contributed by atoms with van der Waals surface area (Å²) in [6.07, 6.45) is -4.06. The molecule has 0 saturated heterocycles. The van der Waals surface area contributed by atoms with Crippen molar-refractivity contribution in [1.29, 1.82) is 0 Å². The predicted octanol–water partition coefficient (Wildman–Crippen LogP) is 2.18. The zero-order valence-electron chi connectivity index (χ0n) is 11.9. The zero-order chi connectivity index (χ0) is 15.9. The van der Waals surface area contributed by atoms with Crippen LogP contribution in [0.5, 0.6) is 11.5 Å². The summed E-state index contributed by atoms with van der Waals surface area (Å²) >= 11 is 0. The lowest BCUT2D eigenvalue weighted by atomic mass is 10.0. The van der Waals surface area contributed by atoms with Crippen LogP contribution >= 0.6 is 0 Å². The van der Waals surface area contributed by atoms with E-state index < -0.39 is 12.8 Å². The molecule has 3 N–H and O–H groups in total. The summed E-state index contributed by atoms with van der Waals surface area (Å²) in [6, 6.07) is 4.75. The van der Waals surface area contributed by atoms with Crippen molar-refractivity contribution in [2.24, 2.45) is 5.84 Å². The second kappa shape index (κ2) is 8.06. The van der Waals surface area contributed by atoms with Crippen molar-refractivity contribution in [2.45, 2.75) is 18.6 Å². The highest BCUT2D eigenvalue weighted by Crippen LogP contribution is 2.30. The second-order valence-corrected chi connectivity index (χ2v) is 4.28. The Morgan fingerprint density at radius 1 is 1.24 bits per heavy atom. The van der Waals surface area contributed by atoms with E-state index >= 15 is 0 Å². The summed E-state index contributed by atoms with van der Waals surface area (Å²) < 4.78 is 50.9. The van der Waals surface area contributed by atoms with Gasteiger partial charge in [-0.15, -0.1) is 0 Å². The number of hydrogen-bond donors (Lipinski definition) is 2. The van der Waals surface area contributed by atoms with Crippen LogP contribution in [0.15, 0.2) is 18.2 Å². The number of methoxy groups -OCH3 is 2. The van der Waals surface area contributed by atoms with Gasteiger partial charge in [0.15, 0.2) is 0 Å². The Kier molecular flexibility index (Phi) is 6.73. The molecule has 0 aliphatic heterocycles. The summed E-state index contributed by atoms with van der Waals surface area (Å²) in [5.74, 6) is 6.60. The molecule has 120 valence electrons. The monoisotopic (exact) mass is 308 g/mol. The molecule has 0 saturated carbocycles. The summed E-state index contributed by atoms with van der Waals surface area (Å²) in [4.78, 5) is 0. The van der Waals surface area contributed by atoms with Crippen LogP contribution in [0.3, 0.4) is 0 Å². The lowest BCUT2D eigenvalue weighted by Gasteiger charge is -2.20. The summed E-state index contributed by atoms with van der Waals surface area (Å²) in [5, 5.41) is 0. The van der Waals surface area contributed by atoms with Crippen LogP contribution in [-0.4, -0.2) is 33.6 Å². The first-order valence-corrected chi connectivity index (χ1v) is 6.23. The Labute approximate surface area is 121 Å². The van der Waals surface area contributed by atoms with Gasteiger partial charge in [-0.1, -0.05) is 6.07 Å². The average Bonchev–Trinajstić information content (AvgIpc) is 2.46. The summed E-state index contributed by atoms with van der Waals surface area (Å²) in [7, 11) is 3.02. The average molecular weight is 308 g/mol. The Balaban J connectivity index is 2.67. The molecule has 1 aromatic carbocycles. The molecule has 21 heavy (non-hydrogen) atoms. The van der Waals surface area contributed by atoms with Crippen LogP contribution < -0.4 is 20.7 Å². The van der Waals surface area contributed by atoms with Gasteiger partial charge in [0.25, 0.3) is 0 Å². The molecule has 0 bridgehead atoms. The first-order chi connectivity index (χ1) is 9.91. The van der Waals surface area contributed by atoms with Gasteiger partial charge in [0.2, 0.25) is 0 Å². The maximum Gasteiger partial charge on any atom is 0.411 e. The number of halogens is 3. The van der Waals surface area contributed by atoms with Crippen molar-refractivity contribution in [2.75, 3.05) is 27.4 Å². The van der Waals surface area contributed by atoms with E-state index in [1.807, 2.05) is 0 Å². The van der Waals surface area contributed by atoms with Gasteiger partial charge >= 0.3 is 6.18 Å². The molecule has 1 aromatic rings. The first kappa shape index (κ1) is 17.5. The third-order valence-electron chi connectivity index (χ3n) is 2.83. The molecule has 8 heteroatoms. The van der Waals surface area contributed by atoms with E-state index in [4.69, 9.17) is 15.3 Å². The molecule has 1 unspecified atom stereocenters. The van der Waals surface area contributed by atoms with Crippen molar-refractivity contribution in [3.63, 3.8) is 0 Å². The summed E-state index contributed by atoms with van der Waals surface area (Å²) in [5.41, 5.74) is 3.27. The van der Waals surface area contributed by atoms with Crippen LogP contribution in [0.25, 0.3) is 0 Å². The van der Waals surface area contributed by atoms with Gasteiger partial charge in [-0.2, -0.15) is 13.2 Å². The van der Waals surface area contributed by atoms with E-state index in [-0.39, 0.29) is 19.1 Å². The molecule has 1 rings (SSSR count). The number of rotatable bonds is 8. The van der Waals surface area contributed by atoms with E-state index in [0.29, 0.717) is 11.5 Å². The van der Waals surface area contributed by atoms with Crippen molar-refractivity contribution in [1.82, 2.24) is 5.43 Å². The number of ether oxygens (including phenoxy) is 3. The van der Waals surface area contributed by atoms with Gasteiger partial charge < -0.3 is 14.2 Å². The van der Waals surface area contributed by atoms with Gasteiger partial charge in [-0.05, 0) is 12.5 Å². The minimum absolute atomic E-state index is 0.0798. The second-order valence-electron chi connectivity index (χ2n) is 4.28. The maximum absolute atomic E-state index is 12.0. The molecular formula is C13H19F3N2O3. The van der Waals surface area contributed by atoms with Crippen molar-refractivity contribution >= 4 is 0 Å². The molecule has 0 spiro atoms. The lowest BCUT2D eigenvalue weighted by Crippen LogP contribution is -2.30. The standard InChI is InChI=1S/C13H19F3N2O3/c1-19-9-3-4-10(12(7-9)20-2)11(18-17)5-6-21-8-13(14,15)16/h3-4,7,11,18H,5-6,8,17H2,1-2H3. The van der Waals surface area contributed by atoms with Crippen molar-refractivity contribution < 1.29 is 27.4 Å². The molecule has 5 nitrogen and oxygen atoms in total. The predicted molar refractivity (Wildman–Crippen MR) is 71.1 cm³/mol. The molecule has 1 atom stereocenters. The van der Waals surface area contributed by atoms with Gasteiger partial charge in [0.1, 0.15) is 18.1 Å². The number of nitrogens with one attached hydrogen (secondary N) is 1. The molecule has 0 radical (unpaired) electrons. The van der Waals surface area contributed by atoms with E-state index in [1.165, 1.54) is 14.2 Å². The van der Waals surface area contributed by atoms with E-state index in [2.05, 4.69) is 10.2 Å². The quantitative estimate of drug-likeness (QED) is 0.438. The van der Waals surface area contributed by atoms with Crippen LogP contribution in [0, 0.1) is 0 Å². The topological polar surface area (TPSA) is 65.7 Å². The Morgan fingerprint density at radius 3 is 2.48 bits per heavy atom. The molecule has 0 aliphatic rings. The molecule has 0 amide bonds.